The number of thioether (sulfide) groups is 1. The lowest BCUT2D eigenvalue weighted by Crippen LogP contribution is -2.53. The van der Waals surface area contributed by atoms with Gasteiger partial charge in [-0.2, -0.15) is 11.8 Å². The first kappa shape index (κ1) is 17.1. The van der Waals surface area contributed by atoms with Crippen molar-refractivity contribution in [1.82, 2.24) is 10.2 Å². The van der Waals surface area contributed by atoms with Crippen LogP contribution in [0.3, 0.4) is 0 Å². The summed E-state index contributed by atoms with van der Waals surface area (Å²) in [7, 11) is 1.61. The average Bonchev–Trinajstić information content (AvgIpc) is 2.42. The standard InChI is InChI=1S/C13H24N2O4S/c1-15(10-5-3-4-6-11(10)16)13(19)14-9(12(17)18)7-8-20-2/h9-11,16H,3-8H2,1-2H3,(H,14,19)(H,17,18). The van der Waals surface area contributed by atoms with E-state index in [1.807, 2.05) is 6.26 Å². The second kappa shape index (κ2) is 8.36. The molecule has 0 heterocycles. The first-order valence-electron chi connectivity index (χ1n) is 6.90. The molecule has 0 radical (unpaired) electrons. The van der Waals surface area contributed by atoms with Gasteiger partial charge in [0.25, 0.3) is 0 Å². The third-order valence-corrected chi connectivity index (χ3v) is 4.36. The number of hydrogen-bond donors (Lipinski definition) is 3. The van der Waals surface area contributed by atoms with Gasteiger partial charge in [0.15, 0.2) is 0 Å². The zero-order valence-corrected chi connectivity index (χ0v) is 12.9. The van der Waals surface area contributed by atoms with Gasteiger partial charge >= 0.3 is 12.0 Å². The fraction of sp³-hybridized carbons (Fsp3) is 0.846. The number of nitrogens with zero attached hydrogens (tertiary/aromatic N) is 1. The molecule has 3 unspecified atom stereocenters. The molecule has 2 amide bonds. The predicted octanol–water partition coefficient (Wildman–Crippen LogP) is 1.14. The number of carboxylic acid groups (broad SMARTS) is 1. The topological polar surface area (TPSA) is 89.9 Å². The van der Waals surface area contributed by atoms with E-state index in [4.69, 9.17) is 5.11 Å². The normalized spacial score (nSPS) is 23.9. The molecule has 7 heteroatoms. The second-order valence-corrected chi connectivity index (χ2v) is 6.14. The zero-order valence-electron chi connectivity index (χ0n) is 12.0. The van der Waals surface area contributed by atoms with E-state index < -0.39 is 24.1 Å². The van der Waals surface area contributed by atoms with Crippen LogP contribution in [0, 0.1) is 0 Å². The van der Waals surface area contributed by atoms with Crippen LogP contribution in [0.15, 0.2) is 0 Å². The Kier molecular flexibility index (Phi) is 7.15. The van der Waals surface area contributed by atoms with Crippen LogP contribution in [-0.2, 0) is 4.79 Å². The summed E-state index contributed by atoms with van der Waals surface area (Å²) in [6, 6.07) is -1.53. The minimum atomic E-state index is -1.02. The van der Waals surface area contributed by atoms with Gasteiger partial charge in [-0.25, -0.2) is 9.59 Å². The minimum Gasteiger partial charge on any atom is -0.480 e. The number of nitrogens with one attached hydrogen (secondary N) is 1. The molecule has 0 aromatic carbocycles. The van der Waals surface area contributed by atoms with Crippen molar-refractivity contribution in [3.05, 3.63) is 0 Å². The van der Waals surface area contributed by atoms with E-state index in [9.17, 15) is 14.7 Å². The molecule has 1 saturated carbocycles. The highest BCUT2D eigenvalue weighted by Gasteiger charge is 2.31. The Hall–Kier alpha value is -0.950. The van der Waals surface area contributed by atoms with Crippen LogP contribution in [0.4, 0.5) is 4.79 Å². The monoisotopic (exact) mass is 304 g/mol. The highest BCUT2D eigenvalue weighted by molar-refractivity contribution is 7.98. The minimum absolute atomic E-state index is 0.223. The molecule has 3 N–H and O–H groups in total. The number of hydrogen-bond acceptors (Lipinski definition) is 4. The van der Waals surface area contributed by atoms with Crippen molar-refractivity contribution in [2.75, 3.05) is 19.1 Å². The number of aliphatic carboxylic acids is 1. The number of carbonyl (C=O) groups excluding carboxylic acids is 1. The van der Waals surface area contributed by atoms with Gasteiger partial charge in [0.1, 0.15) is 6.04 Å². The van der Waals surface area contributed by atoms with Crippen molar-refractivity contribution in [2.45, 2.75) is 50.3 Å². The lowest BCUT2D eigenvalue weighted by molar-refractivity contribution is -0.139. The number of rotatable bonds is 6. The van der Waals surface area contributed by atoms with Crippen LogP contribution >= 0.6 is 11.8 Å². The van der Waals surface area contributed by atoms with E-state index in [0.717, 1.165) is 19.3 Å². The molecular formula is C13H24N2O4S. The lowest BCUT2D eigenvalue weighted by atomic mass is 9.92. The Morgan fingerprint density at radius 2 is 2.05 bits per heavy atom. The van der Waals surface area contributed by atoms with Gasteiger partial charge in [-0.1, -0.05) is 12.8 Å². The van der Waals surface area contributed by atoms with E-state index in [1.165, 1.54) is 4.90 Å². The highest BCUT2D eigenvalue weighted by Crippen LogP contribution is 2.22. The fourth-order valence-electron chi connectivity index (χ4n) is 2.44. The fourth-order valence-corrected chi connectivity index (χ4v) is 2.91. The van der Waals surface area contributed by atoms with E-state index in [2.05, 4.69) is 5.32 Å². The van der Waals surface area contributed by atoms with Gasteiger partial charge in [0, 0.05) is 7.05 Å². The number of carboxylic acids is 1. The molecule has 0 saturated heterocycles. The largest absolute Gasteiger partial charge is 0.480 e. The summed E-state index contributed by atoms with van der Waals surface area (Å²) in [5.74, 6) is -0.350. The van der Waals surface area contributed by atoms with E-state index >= 15 is 0 Å². The molecule has 0 bridgehead atoms. The predicted molar refractivity (Wildman–Crippen MR) is 79.0 cm³/mol. The molecule has 20 heavy (non-hydrogen) atoms. The number of aliphatic hydroxyl groups is 1. The van der Waals surface area contributed by atoms with Crippen LogP contribution in [0.25, 0.3) is 0 Å². The average molecular weight is 304 g/mol. The maximum Gasteiger partial charge on any atom is 0.326 e. The van der Waals surface area contributed by atoms with E-state index in [-0.39, 0.29) is 6.04 Å². The number of amides is 2. The molecule has 1 rings (SSSR count). The Balaban J connectivity index is 2.56. The third-order valence-electron chi connectivity index (χ3n) is 3.72. The third kappa shape index (κ3) is 4.86. The molecule has 6 nitrogen and oxygen atoms in total. The molecule has 0 aromatic rings. The van der Waals surface area contributed by atoms with Crippen LogP contribution < -0.4 is 5.32 Å². The molecule has 116 valence electrons. The van der Waals surface area contributed by atoms with Gasteiger partial charge in [0.05, 0.1) is 12.1 Å². The van der Waals surface area contributed by atoms with Crippen molar-refractivity contribution >= 4 is 23.8 Å². The van der Waals surface area contributed by atoms with Gasteiger partial charge < -0.3 is 20.4 Å². The van der Waals surface area contributed by atoms with Crippen LogP contribution in [-0.4, -0.2) is 64.4 Å². The summed E-state index contributed by atoms with van der Waals surface area (Å²) >= 11 is 1.54. The van der Waals surface area contributed by atoms with Gasteiger partial charge in [-0.15, -0.1) is 0 Å². The summed E-state index contributed by atoms with van der Waals surface area (Å²) in [6.07, 6.45) is 5.17. The SMILES string of the molecule is CSCCC(NC(=O)N(C)C1CCCCC1O)C(=O)O. The summed E-state index contributed by atoms with van der Waals surface area (Å²) in [6.45, 7) is 0. The van der Waals surface area contributed by atoms with E-state index in [1.54, 1.807) is 18.8 Å². The molecule has 0 aromatic heterocycles. The van der Waals surface area contributed by atoms with Gasteiger partial charge in [0.2, 0.25) is 0 Å². The number of likely N-dealkylation sites (N-methyl/N-ethyl adjacent to an activating group) is 1. The Labute approximate surface area is 123 Å². The quantitative estimate of drug-likeness (QED) is 0.684. The van der Waals surface area contributed by atoms with Crippen molar-refractivity contribution in [2.24, 2.45) is 0 Å². The maximum absolute atomic E-state index is 12.1. The van der Waals surface area contributed by atoms with Crippen molar-refractivity contribution < 1.29 is 19.8 Å². The smallest absolute Gasteiger partial charge is 0.326 e. The van der Waals surface area contributed by atoms with Crippen molar-refractivity contribution in [3.63, 3.8) is 0 Å². The van der Waals surface area contributed by atoms with Crippen LogP contribution in [0.5, 0.6) is 0 Å². The number of urea groups is 1. The highest BCUT2D eigenvalue weighted by atomic mass is 32.2. The maximum atomic E-state index is 12.1. The second-order valence-electron chi connectivity index (χ2n) is 5.15. The Morgan fingerprint density at radius 3 is 2.60 bits per heavy atom. The first-order valence-corrected chi connectivity index (χ1v) is 8.30. The molecular weight excluding hydrogens is 280 g/mol. The molecule has 0 aliphatic heterocycles. The first-order chi connectivity index (χ1) is 9.47. The molecule has 1 aliphatic rings. The summed E-state index contributed by atoms with van der Waals surface area (Å²) in [5, 5.41) is 21.6. The van der Waals surface area contributed by atoms with Crippen molar-refractivity contribution in [1.29, 1.82) is 0 Å². The van der Waals surface area contributed by atoms with Crippen LogP contribution in [0.2, 0.25) is 0 Å². The van der Waals surface area contributed by atoms with Crippen molar-refractivity contribution in [3.8, 4) is 0 Å². The van der Waals surface area contributed by atoms with Gasteiger partial charge in [-0.05, 0) is 31.3 Å². The summed E-state index contributed by atoms with van der Waals surface area (Å²) in [4.78, 5) is 24.7. The summed E-state index contributed by atoms with van der Waals surface area (Å²) in [5.41, 5.74) is 0. The summed E-state index contributed by atoms with van der Waals surface area (Å²) < 4.78 is 0. The number of carbonyl (C=O) groups is 2. The van der Waals surface area contributed by atoms with Crippen LogP contribution in [0.1, 0.15) is 32.1 Å². The Morgan fingerprint density at radius 1 is 1.40 bits per heavy atom. The zero-order chi connectivity index (χ0) is 15.1. The lowest BCUT2D eigenvalue weighted by Gasteiger charge is -2.35. The molecule has 1 fully saturated rings. The van der Waals surface area contributed by atoms with E-state index in [0.29, 0.717) is 18.6 Å². The molecule has 3 atom stereocenters. The van der Waals surface area contributed by atoms with Gasteiger partial charge in [-0.3, -0.25) is 0 Å². The molecule has 0 spiro atoms. The number of aliphatic hydroxyl groups excluding tert-OH is 1. The Bertz CT molecular complexity index is 340. The molecule has 1 aliphatic carbocycles.